The van der Waals surface area contributed by atoms with Crippen molar-refractivity contribution in [3.63, 3.8) is 0 Å². The fraction of sp³-hybridized carbons (Fsp3) is 0.917. The lowest BCUT2D eigenvalue weighted by molar-refractivity contribution is -0.303. The predicted octanol–water partition coefficient (Wildman–Crippen LogP) is 3.77. The Morgan fingerprint density at radius 2 is 1.26 bits per heavy atom. The number of nitrogens with one attached hydrogen (secondary N) is 1. The fourth-order valence-electron chi connectivity index (χ4n) is 5.84. The van der Waals surface area contributed by atoms with Crippen LogP contribution in [0.5, 0.6) is 0 Å². The Balaban J connectivity index is 2.57. The molecule has 9 atom stereocenters. The van der Waals surface area contributed by atoms with Crippen LogP contribution >= 0.6 is 0 Å². The molecule has 0 aliphatic carbocycles. The fourth-order valence-corrected chi connectivity index (χ4v) is 5.84. The van der Waals surface area contributed by atoms with Crippen LogP contribution in [0.15, 0.2) is 12.2 Å². The van der Waals surface area contributed by atoms with E-state index in [4.69, 9.17) is 9.47 Å². The highest BCUT2D eigenvalue weighted by atomic mass is 16.7. The molecule has 0 aromatic carbocycles. The third-order valence-electron chi connectivity index (χ3n) is 9.07. The Morgan fingerprint density at radius 3 is 1.81 bits per heavy atom. The molecule has 8 N–H and O–H groups in total. The van der Waals surface area contributed by atoms with Crippen LogP contribution in [-0.2, 0) is 14.3 Å². The van der Waals surface area contributed by atoms with Gasteiger partial charge in [0.25, 0.3) is 0 Å². The van der Waals surface area contributed by atoms with Crippen LogP contribution in [0.1, 0.15) is 142 Å². The Morgan fingerprint density at radius 1 is 0.723 bits per heavy atom. The minimum absolute atomic E-state index is 0.257. The van der Waals surface area contributed by atoms with Gasteiger partial charge in [-0.25, -0.2) is 0 Å². The molecule has 0 aromatic heterocycles. The molecule has 47 heavy (non-hydrogen) atoms. The second-order valence-corrected chi connectivity index (χ2v) is 13.3. The molecule has 0 saturated carbocycles. The zero-order valence-corrected chi connectivity index (χ0v) is 29.3. The Kier molecular flexibility index (Phi) is 25.8. The first kappa shape index (κ1) is 43.9. The first-order valence-electron chi connectivity index (χ1n) is 18.6. The highest BCUT2D eigenvalue weighted by molar-refractivity contribution is 5.80. The average molecular weight is 676 g/mol. The van der Waals surface area contributed by atoms with Gasteiger partial charge in [0.2, 0.25) is 5.91 Å². The molecule has 0 bridgehead atoms. The molecule has 9 unspecified atom stereocenters. The zero-order chi connectivity index (χ0) is 34.9. The number of amides is 1. The van der Waals surface area contributed by atoms with Crippen LogP contribution in [0.4, 0.5) is 0 Å². The highest BCUT2D eigenvalue weighted by Gasteiger charge is 2.44. The summed E-state index contributed by atoms with van der Waals surface area (Å²) < 4.78 is 11.0. The Hall–Kier alpha value is -1.15. The smallest absolute Gasteiger partial charge is 0.249 e. The summed E-state index contributed by atoms with van der Waals surface area (Å²) in [5, 5.41) is 74.8. The van der Waals surface area contributed by atoms with Crippen molar-refractivity contribution in [1.82, 2.24) is 5.32 Å². The Labute approximate surface area is 283 Å². The molecule has 11 heteroatoms. The minimum Gasteiger partial charge on any atom is -0.394 e. The summed E-state index contributed by atoms with van der Waals surface area (Å²) in [6, 6.07) is -1.17. The molecule has 1 saturated heterocycles. The summed E-state index contributed by atoms with van der Waals surface area (Å²) in [7, 11) is 0. The van der Waals surface area contributed by atoms with Crippen LogP contribution in [0, 0.1) is 0 Å². The van der Waals surface area contributed by atoms with Crippen molar-refractivity contribution in [1.29, 1.82) is 0 Å². The first-order valence-corrected chi connectivity index (χ1v) is 18.6. The van der Waals surface area contributed by atoms with Gasteiger partial charge in [0.1, 0.15) is 36.6 Å². The molecule has 1 fully saturated rings. The summed E-state index contributed by atoms with van der Waals surface area (Å²) in [4.78, 5) is 12.9. The van der Waals surface area contributed by atoms with Crippen molar-refractivity contribution in [2.24, 2.45) is 0 Å². The molecule has 1 rings (SSSR count). The van der Waals surface area contributed by atoms with E-state index in [0.717, 1.165) is 44.9 Å². The molecule has 1 heterocycles. The number of aliphatic hydroxyl groups excluding tert-OH is 7. The minimum atomic E-state index is -1.66. The summed E-state index contributed by atoms with van der Waals surface area (Å²) in [6.45, 7) is 3.29. The maximum absolute atomic E-state index is 12.9. The quantitative estimate of drug-likeness (QED) is 0.0428. The third-order valence-corrected chi connectivity index (χ3v) is 9.07. The van der Waals surface area contributed by atoms with Gasteiger partial charge in [-0.05, 0) is 32.1 Å². The first-order chi connectivity index (χ1) is 22.7. The highest BCUT2D eigenvalue weighted by Crippen LogP contribution is 2.23. The van der Waals surface area contributed by atoms with Crippen LogP contribution in [0.3, 0.4) is 0 Å². The molecule has 1 aliphatic rings. The van der Waals surface area contributed by atoms with Gasteiger partial charge in [-0.1, -0.05) is 122 Å². The van der Waals surface area contributed by atoms with Crippen LogP contribution in [0.25, 0.3) is 0 Å². The van der Waals surface area contributed by atoms with Gasteiger partial charge in [0.15, 0.2) is 6.29 Å². The largest absolute Gasteiger partial charge is 0.394 e. The maximum Gasteiger partial charge on any atom is 0.249 e. The second kappa shape index (κ2) is 27.6. The standard InChI is InChI=1S/C36H69NO10/c1-3-5-7-9-11-12-13-14-15-16-18-20-22-24-29(40)35(45)37-27(31(41)28(39)23-21-19-17-10-8-6-4-2)26-46-36-34(44)33(43)32(42)30(25-38)47-36/h10,17,27-34,36,38-44H,3-9,11-16,18-26H2,1-2H3,(H,37,45)/b17-10+. The topological polar surface area (TPSA) is 189 Å². The maximum atomic E-state index is 12.9. The normalized spacial score (nSPS) is 24.3. The number of hydrogen-bond acceptors (Lipinski definition) is 10. The third kappa shape index (κ3) is 19.0. The average Bonchev–Trinajstić information content (AvgIpc) is 3.07. The lowest BCUT2D eigenvalue weighted by atomic mass is 9.98. The monoisotopic (exact) mass is 675 g/mol. The SMILES string of the molecule is CCCC/C=C/CCCC(O)C(O)C(COC1OC(CO)C(O)C(O)C1O)NC(=O)C(O)CCCCCCCCCCCCCCC. The summed E-state index contributed by atoms with van der Waals surface area (Å²) in [6.07, 6.45) is 13.1. The lowest BCUT2D eigenvalue weighted by Crippen LogP contribution is -2.60. The second-order valence-electron chi connectivity index (χ2n) is 13.3. The molecule has 0 aromatic rings. The van der Waals surface area contributed by atoms with E-state index in [1.807, 2.05) is 6.08 Å². The van der Waals surface area contributed by atoms with Crippen LogP contribution < -0.4 is 5.32 Å². The molecule has 1 amide bonds. The van der Waals surface area contributed by atoms with E-state index in [1.165, 1.54) is 57.8 Å². The number of unbranched alkanes of at least 4 members (excludes halogenated alkanes) is 15. The number of aliphatic hydroxyl groups is 7. The van der Waals surface area contributed by atoms with Crippen molar-refractivity contribution < 1.29 is 50.0 Å². The van der Waals surface area contributed by atoms with Gasteiger partial charge >= 0.3 is 0 Å². The van der Waals surface area contributed by atoms with E-state index in [9.17, 15) is 40.5 Å². The van der Waals surface area contributed by atoms with E-state index in [0.29, 0.717) is 12.8 Å². The number of carbonyl (C=O) groups excluding carboxylic acids is 1. The number of rotatable bonds is 29. The molecular weight excluding hydrogens is 606 g/mol. The van der Waals surface area contributed by atoms with E-state index < -0.39 is 74.2 Å². The molecule has 0 radical (unpaired) electrons. The van der Waals surface area contributed by atoms with Gasteiger partial charge in [-0.3, -0.25) is 4.79 Å². The summed E-state index contributed by atoms with van der Waals surface area (Å²) in [5.41, 5.74) is 0. The van der Waals surface area contributed by atoms with Crippen molar-refractivity contribution in [2.45, 2.75) is 197 Å². The van der Waals surface area contributed by atoms with Crippen molar-refractivity contribution >= 4 is 5.91 Å². The van der Waals surface area contributed by atoms with E-state index >= 15 is 0 Å². The predicted molar refractivity (Wildman–Crippen MR) is 182 cm³/mol. The van der Waals surface area contributed by atoms with Gasteiger partial charge in [0.05, 0.1) is 25.4 Å². The lowest BCUT2D eigenvalue weighted by Gasteiger charge is -2.40. The zero-order valence-electron chi connectivity index (χ0n) is 29.3. The number of ether oxygens (including phenoxy) is 2. The van der Waals surface area contributed by atoms with Crippen LogP contribution in [0.2, 0.25) is 0 Å². The molecular formula is C36H69NO10. The van der Waals surface area contributed by atoms with Crippen molar-refractivity contribution in [3.8, 4) is 0 Å². The Bertz CT molecular complexity index is 785. The molecule has 1 aliphatic heterocycles. The number of carbonyl (C=O) groups is 1. The van der Waals surface area contributed by atoms with E-state index in [-0.39, 0.29) is 12.8 Å². The van der Waals surface area contributed by atoms with E-state index in [2.05, 4.69) is 25.2 Å². The van der Waals surface area contributed by atoms with Gasteiger partial charge < -0.3 is 50.5 Å². The van der Waals surface area contributed by atoms with Gasteiger partial charge in [0, 0.05) is 0 Å². The van der Waals surface area contributed by atoms with Gasteiger partial charge in [-0.2, -0.15) is 0 Å². The molecule has 11 nitrogen and oxygen atoms in total. The van der Waals surface area contributed by atoms with Crippen LogP contribution in [-0.4, -0.2) is 110 Å². The van der Waals surface area contributed by atoms with Crippen molar-refractivity contribution in [3.05, 3.63) is 12.2 Å². The molecule has 0 spiro atoms. The summed E-state index contributed by atoms with van der Waals surface area (Å²) >= 11 is 0. The van der Waals surface area contributed by atoms with E-state index in [1.54, 1.807) is 0 Å². The molecule has 278 valence electrons. The van der Waals surface area contributed by atoms with Crippen molar-refractivity contribution in [2.75, 3.05) is 13.2 Å². The number of hydrogen-bond donors (Lipinski definition) is 8. The number of allylic oxidation sites excluding steroid dienone is 2. The van der Waals surface area contributed by atoms with Gasteiger partial charge in [-0.15, -0.1) is 0 Å². The summed E-state index contributed by atoms with van der Waals surface area (Å²) in [5.74, 6) is -0.712.